The molecular weight excluding hydrogens is 294 g/mol. The third kappa shape index (κ3) is 3.85. The molecule has 23 heavy (non-hydrogen) atoms. The molecule has 1 aliphatic carbocycles. The van der Waals surface area contributed by atoms with Crippen molar-refractivity contribution < 1.29 is 14.4 Å². The summed E-state index contributed by atoms with van der Waals surface area (Å²) in [7, 11) is 1.78. The lowest BCUT2D eigenvalue weighted by atomic mass is 9.91. The Balaban J connectivity index is 2.00. The molecule has 0 aromatic carbocycles. The minimum absolute atomic E-state index is 0.158. The van der Waals surface area contributed by atoms with Crippen LogP contribution in [0.5, 0.6) is 0 Å². The Kier molecular flexibility index (Phi) is 5.32. The summed E-state index contributed by atoms with van der Waals surface area (Å²) in [6.45, 7) is 5.60. The molecule has 0 bridgehead atoms. The number of nitrogens with zero attached hydrogens (tertiary/aromatic N) is 2. The maximum atomic E-state index is 12.6. The van der Waals surface area contributed by atoms with E-state index >= 15 is 0 Å². The zero-order valence-corrected chi connectivity index (χ0v) is 14.7. The standard InChI is InChI=1S/C17H29N3O3/c1-12(2)10-17(3)15(22)20(16(23)18-17)11-14(21)19(4)13-8-6-5-7-9-13/h12-13H,5-11H2,1-4H3,(H,18,23). The Morgan fingerprint density at radius 2 is 1.91 bits per heavy atom. The van der Waals surface area contributed by atoms with Gasteiger partial charge >= 0.3 is 6.03 Å². The van der Waals surface area contributed by atoms with Crippen LogP contribution in [0.4, 0.5) is 4.79 Å². The summed E-state index contributed by atoms with van der Waals surface area (Å²) >= 11 is 0. The molecule has 1 N–H and O–H groups in total. The Morgan fingerprint density at radius 3 is 2.48 bits per heavy atom. The molecule has 2 aliphatic rings. The molecule has 6 heteroatoms. The lowest BCUT2D eigenvalue weighted by Gasteiger charge is -2.32. The van der Waals surface area contributed by atoms with E-state index in [0.29, 0.717) is 6.42 Å². The van der Waals surface area contributed by atoms with Gasteiger partial charge in [-0.3, -0.25) is 14.5 Å². The molecule has 130 valence electrons. The molecule has 1 atom stereocenters. The van der Waals surface area contributed by atoms with Gasteiger partial charge in [0.25, 0.3) is 5.91 Å². The molecule has 0 radical (unpaired) electrons. The Hall–Kier alpha value is -1.59. The monoisotopic (exact) mass is 323 g/mol. The van der Waals surface area contributed by atoms with Crippen molar-refractivity contribution in [2.75, 3.05) is 13.6 Å². The van der Waals surface area contributed by atoms with Crippen LogP contribution in [-0.4, -0.2) is 52.8 Å². The van der Waals surface area contributed by atoms with Crippen LogP contribution in [0, 0.1) is 5.92 Å². The van der Waals surface area contributed by atoms with Crippen LogP contribution in [-0.2, 0) is 9.59 Å². The Bertz CT molecular complexity index is 485. The molecule has 6 nitrogen and oxygen atoms in total. The highest BCUT2D eigenvalue weighted by molar-refractivity contribution is 6.08. The maximum absolute atomic E-state index is 12.6. The van der Waals surface area contributed by atoms with Crippen molar-refractivity contribution in [1.29, 1.82) is 0 Å². The van der Waals surface area contributed by atoms with Gasteiger partial charge in [-0.25, -0.2) is 4.79 Å². The number of nitrogens with one attached hydrogen (secondary N) is 1. The lowest BCUT2D eigenvalue weighted by molar-refractivity contribution is -0.139. The van der Waals surface area contributed by atoms with Crippen LogP contribution in [0.3, 0.4) is 0 Å². The fraction of sp³-hybridized carbons (Fsp3) is 0.824. The first-order valence-corrected chi connectivity index (χ1v) is 8.64. The molecule has 1 saturated heterocycles. The van der Waals surface area contributed by atoms with E-state index in [1.807, 2.05) is 13.8 Å². The zero-order chi connectivity index (χ0) is 17.2. The van der Waals surface area contributed by atoms with E-state index in [4.69, 9.17) is 0 Å². The van der Waals surface area contributed by atoms with Crippen LogP contribution in [0.2, 0.25) is 0 Å². The molecule has 1 unspecified atom stereocenters. The van der Waals surface area contributed by atoms with E-state index in [9.17, 15) is 14.4 Å². The number of amides is 4. The number of hydrogen-bond donors (Lipinski definition) is 1. The highest BCUT2D eigenvalue weighted by atomic mass is 16.2. The maximum Gasteiger partial charge on any atom is 0.325 e. The number of imide groups is 1. The minimum atomic E-state index is -0.894. The predicted molar refractivity (Wildman–Crippen MR) is 87.7 cm³/mol. The summed E-state index contributed by atoms with van der Waals surface area (Å²) in [5, 5.41) is 2.75. The van der Waals surface area contributed by atoms with E-state index < -0.39 is 11.6 Å². The average molecular weight is 323 g/mol. The lowest BCUT2D eigenvalue weighted by Crippen LogP contribution is -2.47. The number of carbonyl (C=O) groups excluding carboxylic acids is 3. The molecular formula is C17H29N3O3. The highest BCUT2D eigenvalue weighted by Crippen LogP contribution is 2.26. The van der Waals surface area contributed by atoms with Gasteiger partial charge in [-0.1, -0.05) is 33.1 Å². The Labute approximate surface area is 138 Å². The van der Waals surface area contributed by atoms with Crippen molar-refractivity contribution in [3.8, 4) is 0 Å². The highest BCUT2D eigenvalue weighted by Gasteiger charge is 2.48. The molecule has 2 fully saturated rings. The van der Waals surface area contributed by atoms with Crippen LogP contribution in [0.25, 0.3) is 0 Å². The average Bonchev–Trinajstić information content (AvgIpc) is 2.69. The van der Waals surface area contributed by atoms with Gasteiger partial charge in [0, 0.05) is 13.1 Å². The van der Waals surface area contributed by atoms with Gasteiger partial charge in [-0.15, -0.1) is 0 Å². The third-order valence-electron chi connectivity index (χ3n) is 4.97. The van der Waals surface area contributed by atoms with Gasteiger partial charge < -0.3 is 10.2 Å². The first kappa shape index (κ1) is 17.8. The number of rotatable bonds is 5. The third-order valence-corrected chi connectivity index (χ3v) is 4.97. The van der Waals surface area contributed by atoms with E-state index in [1.165, 1.54) is 6.42 Å². The van der Waals surface area contributed by atoms with Gasteiger partial charge in [0.15, 0.2) is 0 Å². The largest absolute Gasteiger partial charge is 0.341 e. The molecule has 0 aromatic heterocycles. The molecule has 4 amide bonds. The molecule has 1 heterocycles. The first-order valence-electron chi connectivity index (χ1n) is 8.64. The SMILES string of the molecule is CC(C)CC1(C)NC(=O)N(CC(=O)N(C)C2CCCCC2)C1=O. The van der Waals surface area contributed by atoms with Crippen LogP contribution < -0.4 is 5.32 Å². The van der Waals surface area contributed by atoms with Crippen molar-refractivity contribution in [2.24, 2.45) is 5.92 Å². The summed E-state index contributed by atoms with van der Waals surface area (Å²) in [6.07, 6.45) is 6.08. The summed E-state index contributed by atoms with van der Waals surface area (Å²) in [4.78, 5) is 40.0. The van der Waals surface area contributed by atoms with E-state index in [-0.39, 0.29) is 30.3 Å². The van der Waals surface area contributed by atoms with Gasteiger partial charge in [0.05, 0.1) is 0 Å². The van der Waals surface area contributed by atoms with E-state index in [1.54, 1.807) is 18.9 Å². The smallest absolute Gasteiger partial charge is 0.325 e. The van der Waals surface area contributed by atoms with Crippen LogP contribution >= 0.6 is 0 Å². The van der Waals surface area contributed by atoms with E-state index in [2.05, 4.69) is 5.32 Å². The van der Waals surface area contributed by atoms with E-state index in [0.717, 1.165) is 30.6 Å². The summed E-state index contributed by atoms with van der Waals surface area (Å²) < 4.78 is 0. The molecule has 2 rings (SSSR count). The number of likely N-dealkylation sites (N-methyl/N-ethyl adjacent to an activating group) is 1. The molecule has 0 spiro atoms. The number of hydrogen-bond acceptors (Lipinski definition) is 3. The molecule has 1 aliphatic heterocycles. The van der Waals surface area contributed by atoms with Crippen molar-refractivity contribution in [1.82, 2.24) is 15.1 Å². The fourth-order valence-electron chi connectivity index (χ4n) is 3.76. The summed E-state index contributed by atoms with van der Waals surface area (Å²) in [5.41, 5.74) is -0.894. The van der Waals surface area contributed by atoms with Gasteiger partial charge in [0.2, 0.25) is 5.91 Å². The summed E-state index contributed by atoms with van der Waals surface area (Å²) in [6, 6.07) is -0.220. The quantitative estimate of drug-likeness (QED) is 0.788. The normalized spacial score (nSPS) is 25.9. The van der Waals surface area contributed by atoms with Gasteiger partial charge in [-0.05, 0) is 32.1 Å². The Morgan fingerprint density at radius 1 is 1.30 bits per heavy atom. The van der Waals surface area contributed by atoms with Gasteiger partial charge in [0.1, 0.15) is 12.1 Å². The zero-order valence-electron chi connectivity index (χ0n) is 14.7. The topological polar surface area (TPSA) is 69.7 Å². The predicted octanol–water partition coefficient (Wildman–Crippen LogP) is 2.13. The second kappa shape index (κ2) is 6.89. The van der Waals surface area contributed by atoms with Crippen molar-refractivity contribution in [2.45, 2.75) is 70.9 Å². The first-order chi connectivity index (χ1) is 10.7. The number of carbonyl (C=O) groups is 3. The van der Waals surface area contributed by atoms with Crippen molar-refractivity contribution in [3.63, 3.8) is 0 Å². The minimum Gasteiger partial charge on any atom is -0.341 e. The fourth-order valence-corrected chi connectivity index (χ4v) is 3.76. The summed E-state index contributed by atoms with van der Waals surface area (Å²) in [5.74, 6) is -0.166. The van der Waals surface area contributed by atoms with Crippen LogP contribution in [0.1, 0.15) is 59.3 Å². The number of urea groups is 1. The van der Waals surface area contributed by atoms with Gasteiger partial charge in [-0.2, -0.15) is 0 Å². The van der Waals surface area contributed by atoms with Crippen LogP contribution in [0.15, 0.2) is 0 Å². The molecule has 0 aromatic rings. The molecule has 1 saturated carbocycles. The van der Waals surface area contributed by atoms with Crippen molar-refractivity contribution >= 4 is 17.8 Å². The van der Waals surface area contributed by atoms with Crippen molar-refractivity contribution in [3.05, 3.63) is 0 Å². The second-order valence-electron chi connectivity index (χ2n) is 7.55. The second-order valence-corrected chi connectivity index (χ2v) is 7.55.